The molecule has 0 aliphatic rings. The third kappa shape index (κ3) is 5.23. The Morgan fingerprint density at radius 2 is 1.74 bits per heavy atom. The van der Waals surface area contributed by atoms with Crippen LogP contribution in [0.5, 0.6) is 5.75 Å². The molecule has 3 aromatic rings. The summed E-state index contributed by atoms with van der Waals surface area (Å²) in [5, 5.41) is 3.69. The number of carbonyl (C=O) groups excluding carboxylic acids is 1. The number of benzene rings is 2. The lowest BCUT2D eigenvalue weighted by atomic mass is 10.3. The molecule has 1 aromatic heterocycles. The van der Waals surface area contributed by atoms with Gasteiger partial charge in [-0.05, 0) is 36.4 Å². The van der Waals surface area contributed by atoms with Crippen molar-refractivity contribution in [3.05, 3.63) is 65.9 Å². The molecule has 0 unspecified atom stereocenters. The second kappa shape index (κ2) is 8.72. The summed E-state index contributed by atoms with van der Waals surface area (Å²) in [7, 11) is 0. The van der Waals surface area contributed by atoms with Crippen molar-refractivity contribution in [3.8, 4) is 5.75 Å². The largest absolute Gasteiger partial charge is 0.484 e. The minimum Gasteiger partial charge on any atom is -0.484 e. The third-order valence-electron chi connectivity index (χ3n) is 3.42. The lowest BCUT2D eigenvalue weighted by Crippen LogP contribution is -2.34. The lowest BCUT2D eigenvalue weighted by Gasteiger charge is -2.13. The molecule has 0 saturated carbocycles. The average Bonchev–Trinajstić information content (AvgIpc) is 2.69. The normalized spacial score (nSPS) is 10.1. The van der Waals surface area contributed by atoms with Gasteiger partial charge in [-0.15, -0.1) is 0 Å². The predicted molar refractivity (Wildman–Crippen MR) is 105 cm³/mol. The summed E-state index contributed by atoms with van der Waals surface area (Å²) >= 11 is 5.87. The Hall–Kier alpha value is -3.52. The minimum atomic E-state index is -0.385. The van der Waals surface area contributed by atoms with Crippen molar-refractivity contribution >= 4 is 40.5 Å². The highest BCUT2D eigenvalue weighted by Crippen LogP contribution is 2.25. The van der Waals surface area contributed by atoms with Crippen LogP contribution in [0.2, 0.25) is 5.02 Å². The molecular weight excluding hydrogens is 368 g/mol. The monoisotopic (exact) mass is 384 g/mol. The molecule has 1 heterocycles. The molecule has 0 radical (unpaired) electrons. The van der Waals surface area contributed by atoms with Gasteiger partial charge in [0.2, 0.25) is 0 Å². The number of aromatic nitrogens is 2. The van der Waals surface area contributed by atoms with Crippen molar-refractivity contribution in [2.75, 3.05) is 23.1 Å². The van der Waals surface area contributed by atoms with Gasteiger partial charge in [0.25, 0.3) is 5.91 Å². The van der Waals surface area contributed by atoms with Crippen molar-refractivity contribution in [3.63, 3.8) is 0 Å². The second-order valence-electron chi connectivity index (χ2n) is 5.39. The Morgan fingerprint density at radius 3 is 2.48 bits per heavy atom. The third-order valence-corrected chi connectivity index (χ3v) is 3.68. The van der Waals surface area contributed by atoms with E-state index in [1.807, 2.05) is 18.2 Å². The summed E-state index contributed by atoms with van der Waals surface area (Å²) in [6.45, 7) is -0.155. The fourth-order valence-corrected chi connectivity index (χ4v) is 2.22. The quantitative estimate of drug-likeness (QED) is 0.463. The van der Waals surface area contributed by atoms with Gasteiger partial charge in [0.15, 0.2) is 18.2 Å². The van der Waals surface area contributed by atoms with Crippen LogP contribution in [0.3, 0.4) is 0 Å². The topological polar surface area (TPSA) is 114 Å². The highest BCUT2D eigenvalue weighted by molar-refractivity contribution is 6.30. The number of nitrogens with one attached hydrogen (secondary N) is 3. The van der Waals surface area contributed by atoms with Gasteiger partial charge in [0.05, 0.1) is 0 Å². The maximum atomic E-state index is 11.9. The number of halogens is 1. The van der Waals surface area contributed by atoms with E-state index in [0.29, 0.717) is 16.6 Å². The first-order valence-corrected chi connectivity index (χ1v) is 8.35. The maximum Gasteiger partial charge on any atom is 0.276 e. The molecule has 1 amide bonds. The van der Waals surface area contributed by atoms with E-state index in [9.17, 15) is 4.79 Å². The van der Waals surface area contributed by atoms with Gasteiger partial charge in [-0.3, -0.25) is 15.6 Å². The van der Waals surface area contributed by atoms with E-state index < -0.39 is 0 Å². The molecule has 9 heteroatoms. The van der Waals surface area contributed by atoms with Gasteiger partial charge < -0.3 is 15.8 Å². The van der Waals surface area contributed by atoms with Crippen LogP contribution >= 0.6 is 11.6 Å². The van der Waals surface area contributed by atoms with Gasteiger partial charge in [0.1, 0.15) is 17.8 Å². The van der Waals surface area contributed by atoms with Crippen LogP contribution in [-0.4, -0.2) is 22.5 Å². The van der Waals surface area contributed by atoms with Gasteiger partial charge in [-0.1, -0.05) is 29.8 Å². The maximum absolute atomic E-state index is 11.9. The number of carbonyl (C=O) groups is 1. The Morgan fingerprint density at radius 1 is 1.04 bits per heavy atom. The zero-order chi connectivity index (χ0) is 19.1. The van der Waals surface area contributed by atoms with E-state index in [0.717, 1.165) is 5.69 Å². The minimum absolute atomic E-state index is 0.155. The molecule has 8 nitrogen and oxygen atoms in total. The van der Waals surface area contributed by atoms with Crippen molar-refractivity contribution in [2.45, 2.75) is 0 Å². The molecule has 138 valence electrons. The van der Waals surface area contributed by atoms with E-state index >= 15 is 0 Å². The van der Waals surface area contributed by atoms with E-state index in [2.05, 4.69) is 26.1 Å². The number of ether oxygens (including phenoxy) is 1. The molecule has 0 fully saturated rings. The molecule has 0 spiro atoms. The van der Waals surface area contributed by atoms with Crippen molar-refractivity contribution < 1.29 is 9.53 Å². The van der Waals surface area contributed by atoms with Gasteiger partial charge >= 0.3 is 0 Å². The molecule has 0 saturated heterocycles. The first-order valence-electron chi connectivity index (χ1n) is 7.97. The number of amides is 1. The number of nitrogen functional groups attached to an aromatic ring is 1. The van der Waals surface area contributed by atoms with Gasteiger partial charge in [0, 0.05) is 10.7 Å². The summed E-state index contributed by atoms with van der Waals surface area (Å²) < 4.78 is 5.36. The van der Waals surface area contributed by atoms with Gasteiger partial charge in [-0.2, -0.15) is 0 Å². The molecule has 0 aliphatic heterocycles. The average molecular weight is 385 g/mol. The fraction of sp³-hybridized carbons (Fsp3) is 0.0556. The van der Waals surface area contributed by atoms with Crippen LogP contribution in [0.4, 0.5) is 23.0 Å². The molecule has 0 bridgehead atoms. The van der Waals surface area contributed by atoms with Crippen LogP contribution in [0.1, 0.15) is 0 Å². The summed E-state index contributed by atoms with van der Waals surface area (Å²) in [4.78, 5) is 20.0. The van der Waals surface area contributed by atoms with Crippen LogP contribution in [0.15, 0.2) is 60.9 Å². The predicted octanol–water partition coefficient (Wildman–Crippen LogP) is 2.98. The van der Waals surface area contributed by atoms with E-state index in [1.165, 1.54) is 6.33 Å². The van der Waals surface area contributed by atoms with Crippen molar-refractivity contribution in [1.82, 2.24) is 15.4 Å². The highest BCUT2D eigenvalue weighted by atomic mass is 35.5. The molecule has 5 N–H and O–H groups in total. The van der Waals surface area contributed by atoms with Gasteiger partial charge in [-0.25, -0.2) is 9.97 Å². The first-order chi connectivity index (χ1) is 13.1. The number of nitrogens with two attached hydrogens (primary N) is 1. The summed E-state index contributed by atoms with van der Waals surface area (Å²) in [5.74, 6) is 0.867. The summed E-state index contributed by atoms with van der Waals surface area (Å²) in [5.41, 5.74) is 12.2. The van der Waals surface area contributed by atoms with Crippen LogP contribution in [0, 0.1) is 0 Å². The zero-order valence-corrected chi connectivity index (χ0v) is 14.9. The number of rotatable bonds is 7. The molecule has 27 heavy (non-hydrogen) atoms. The Balaban J connectivity index is 1.57. The van der Waals surface area contributed by atoms with Crippen molar-refractivity contribution in [1.29, 1.82) is 0 Å². The van der Waals surface area contributed by atoms with E-state index in [4.69, 9.17) is 22.1 Å². The van der Waals surface area contributed by atoms with E-state index in [1.54, 1.807) is 36.4 Å². The Labute approximate surface area is 160 Å². The first kappa shape index (κ1) is 18.3. The lowest BCUT2D eigenvalue weighted by molar-refractivity contribution is -0.122. The number of nitrogens with zero attached hydrogens (tertiary/aromatic N) is 2. The number of hydrogen-bond donors (Lipinski definition) is 4. The molecule has 0 atom stereocenters. The highest BCUT2D eigenvalue weighted by Gasteiger charge is 2.10. The Kier molecular flexibility index (Phi) is 5.91. The zero-order valence-electron chi connectivity index (χ0n) is 14.1. The van der Waals surface area contributed by atoms with Crippen molar-refractivity contribution in [2.24, 2.45) is 0 Å². The number of para-hydroxylation sites is 1. The molecule has 2 aromatic carbocycles. The number of anilines is 4. The molecule has 0 aliphatic carbocycles. The molecule has 3 rings (SSSR count). The number of hydrazine groups is 1. The number of hydrogen-bond acceptors (Lipinski definition) is 7. The Bertz CT molecular complexity index is 905. The smallest absolute Gasteiger partial charge is 0.276 e. The fourth-order valence-electron chi connectivity index (χ4n) is 2.10. The standard InChI is InChI=1S/C18H17ClN6O2/c19-12-6-8-13(9-7-12)23-17-16(20)18(22-11-21-17)25-24-15(26)10-27-14-4-2-1-3-5-14/h1-9,11H,10,20H2,(H,24,26)(H2,21,22,23,25). The van der Waals surface area contributed by atoms with Crippen LogP contribution in [0.25, 0.3) is 0 Å². The van der Waals surface area contributed by atoms with E-state index in [-0.39, 0.29) is 24.0 Å². The SMILES string of the molecule is Nc1c(NNC(=O)COc2ccccc2)ncnc1Nc1ccc(Cl)cc1. The summed E-state index contributed by atoms with van der Waals surface area (Å²) in [6, 6.07) is 16.1. The van der Waals surface area contributed by atoms with Crippen LogP contribution in [-0.2, 0) is 4.79 Å². The molecular formula is C18H17ClN6O2. The second-order valence-corrected chi connectivity index (χ2v) is 5.83. The summed E-state index contributed by atoms with van der Waals surface area (Å²) in [6.07, 6.45) is 1.32. The van der Waals surface area contributed by atoms with Crippen LogP contribution < -0.4 is 26.6 Å².